The van der Waals surface area contributed by atoms with E-state index in [1.54, 1.807) is 59.3 Å². The number of Topliss-reactive ketones (excluding diaryl/α,β-unsaturated/α-hetero) is 1. The highest BCUT2D eigenvalue weighted by Gasteiger charge is 2.23. The lowest BCUT2D eigenvalue weighted by atomic mass is 9.91. The molecule has 0 aromatic heterocycles. The number of rotatable bonds is 11. The van der Waals surface area contributed by atoms with Crippen LogP contribution in [-0.2, 0) is 20.7 Å². The number of thioether (sulfide) groups is 1. The molecule has 1 N–H and O–H groups in total. The monoisotopic (exact) mass is 473 g/mol. The molecule has 0 aliphatic heterocycles. The molecule has 1 amide bonds. The minimum absolute atomic E-state index is 0.147. The van der Waals surface area contributed by atoms with E-state index in [1.165, 1.54) is 11.8 Å². The Bertz CT molecular complexity index is 983. The Balaban J connectivity index is 1.85. The van der Waals surface area contributed by atoms with Crippen LogP contribution in [-0.4, -0.2) is 50.8 Å². The summed E-state index contributed by atoms with van der Waals surface area (Å²) in [5.74, 6) is 0.564. The Morgan fingerprint density at radius 3 is 2.33 bits per heavy atom. The highest BCUT2D eigenvalue weighted by Crippen LogP contribution is 2.27. The van der Waals surface area contributed by atoms with Gasteiger partial charge in [-0.2, -0.15) is 0 Å². The van der Waals surface area contributed by atoms with Crippen molar-refractivity contribution < 1.29 is 28.6 Å². The van der Waals surface area contributed by atoms with Gasteiger partial charge in [-0.05, 0) is 36.2 Å². The highest BCUT2D eigenvalue weighted by atomic mass is 32.2. The Morgan fingerprint density at radius 1 is 0.970 bits per heavy atom. The summed E-state index contributed by atoms with van der Waals surface area (Å²) in [6.45, 7) is 5.51. The van der Waals surface area contributed by atoms with Crippen molar-refractivity contribution in [3.8, 4) is 11.5 Å². The lowest BCUT2D eigenvalue weighted by Crippen LogP contribution is -2.27. The van der Waals surface area contributed by atoms with E-state index in [1.807, 2.05) is 18.2 Å². The van der Waals surface area contributed by atoms with Crippen LogP contribution >= 0.6 is 11.8 Å². The fourth-order valence-electron chi connectivity index (χ4n) is 2.76. The fourth-order valence-corrected chi connectivity index (χ4v) is 3.63. The van der Waals surface area contributed by atoms with Crippen LogP contribution < -0.4 is 14.8 Å². The summed E-state index contributed by atoms with van der Waals surface area (Å²) in [7, 11) is 3.16. The molecule has 8 heteroatoms. The number of amides is 1. The summed E-state index contributed by atoms with van der Waals surface area (Å²) in [5.41, 5.74) is 0.768. The lowest BCUT2D eigenvalue weighted by Gasteiger charge is -2.16. The minimum Gasteiger partial charge on any atom is -0.493 e. The van der Waals surface area contributed by atoms with Crippen LogP contribution in [0.1, 0.15) is 36.7 Å². The van der Waals surface area contributed by atoms with Gasteiger partial charge >= 0.3 is 5.97 Å². The number of methoxy groups -OCH3 is 2. The second kappa shape index (κ2) is 12.3. The van der Waals surface area contributed by atoms with Crippen molar-refractivity contribution in [3.63, 3.8) is 0 Å². The smallest absolute Gasteiger partial charge is 0.339 e. The van der Waals surface area contributed by atoms with Crippen LogP contribution in [0.4, 0.5) is 0 Å². The van der Waals surface area contributed by atoms with E-state index >= 15 is 0 Å². The van der Waals surface area contributed by atoms with Crippen molar-refractivity contribution in [1.82, 2.24) is 5.32 Å². The molecule has 0 aliphatic carbocycles. The molecule has 0 heterocycles. The van der Waals surface area contributed by atoms with Crippen molar-refractivity contribution in [1.29, 1.82) is 0 Å². The predicted molar refractivity (Wildman–Crippen MR) is 128 cm³/mol. The lowest BCUT2D eigenvalue weighted by molar-refractivity contribution is -0.129. The van der Waals surface area contributed by atoms with Crippen molar-refractivity contribution in [2.24, 2.45) is 5.41 Å². The van der Waals surface area contributed by atoms with E-state index in [0.717, 1.165) is 5.56 Å². The van der Waals surface area contributed by atoms with Gasteiger partial charge in [-0.25, -0.2) is 4.79 Å². The molecule has 0 spiro atoms. The Labute approximate surface area is 199 Å². The predicted octanol–water partition coefficient (Wildman–Crippen LogP) is 3.93. The van der Waals surface area contributed by atoms with Crippen LogP contribution in [0.25, 0.3) is 0 Å². The molecule has 0 bridgehead atoms. The molecule has 0 unspecified atom stereocenters. The number of benzene rings is 2. The van der Waals surface area contributed by atoms with Crippen LogP contribution in [0.3, 0.4) is 0 Å². The number of hydrogen-bond acceptors (Lipinski definition) is 7. The van der Waals surface area contributed by atoms with Gasteiger partial charge in [0.2, 0.25) is 5.91 Å². The average molecular weight is 474 g/mol. The zero-order valence-corrected chi connectivity index (χ0v) is 20.5. The Morgan fingerprint density at radius 2 is 1.67 bits per heavy atom. The summed E-state index contributed by atoms with van der Waals surface area (Å²) < 4.78 is 15.7. The number of ether oxygens (including phenoxy) is 3. The van der Waals surface area contributed by atoms with Gasteiger partial charge in [-0.15, -0.1) is 11.8 Å². The summed E-state index contributed by atoms with van der Waals surface area (Å²) in [5, 5.41) is 2.88. The molecule has 0 saturated carbocycles. The van der Waals surface area contributed by atoms with Crippen LogP contribution in [0.5, 0.6) is 11.5 Å². The van der Waals surface area contributed by atoms with E-state index in [9.17, 15) is 14.4 Å². The Hall–Kier alpha value is -3.00. The molecule has 0 radical (unpaired) electrons. The van der Waals surface area contributed by atoms with Crippen molar-refractivity contribution in [2.45, 2.75) is 32.1 Å². The quantitative estimate of drug-likeness (QED) is 0.391. The number of ketones is 1. The van der Waals surface area contributed by atoms with Crippen LogP contribution in [0.2, 0.25) is 0 Å². The van der Waals surface area contributed by atoms with Crippen LogP contribution in [0.15, 0.2) is 47.4 Å². The van der Waals surface area contributed by atoms with Gasteiger partial charge in [0.1, 0.15) is 0 Å². The van der Waals surface area contributed by atoms with Gasteiger partial charge in [0.05, 0.1) is 25.5 Å². The number of nitrogens with one attached hydrogen (secondary N) is 1. The number of carbonyl (C=O) groups excluding carboxylic acids is 3. The van der Waals surface area contributed by atoms with E-state index < -0.39 is 11.4 Å². The third-order valence-electron chi connectivity index (χ3n) is 4.82. The molecule has 0 saturated heterocycles. The maximum Gasteiger partial charge on any atom is 0.339 e. The summed E-state index contributed by atoms with van der Waals surface area (Å²) >= 11 is 1.25. The molecular weight excluding hydrogens is 442 g/mol. The van der Waals surface area contributed by atoms with Gasteiger partial charge < -0.3 is 19.5 Å². The number of hydrogen-bond donors (Lipinski definition) is 1. The second-order valence-corrected chi connectivity index (χ2v) is 9.34. The zero-order chi connectivity index (χ0) is 24.4. The first kappa shape index (κ1) is 26.3. The standard InChI is InChI=1S/C25H31NO6S/c1-25(2,3)22(27)15-32-24(29)18-8-6-7-9-21(18)33-16-23(28)26-13-12-17-10-11-19(30-4)20(14-17)31-5/h6-11,14H,12-13,15-16H2,1-5H3,(H,26,28). The third-order valence-corrected chi connectivity index (χ3v) is 5.89. The first-order chi connectivity index (χ1) is 15.7. The molecule has 33 heavy (non-hydrogen) atoms. The van der Waals surface area contributed by atoms with E-state index in [4.69, 9.17) is 14.2 Å². The maximum absolute atomic E-state index is 12.5. The fraction of sp³-hybridized carbons (Fsp3) is 0.400. The SMILES string of the molecule is COc1ccc(CCNC(=O)CSc2ccccc2C(=O)OCC(=O)C(C)(C)C)cc1OC. The first-order valence-corrected chi connectivity index (χ1v) is 11.5. The number of carbonyl (C=O) groups is 3. The van der Waals surface area contributed by atoms with E-state index in [2.05, 4.69) is 5.32 Å². The van der Waals surface area contributed by atoms with E-state index in [0.29, 0.717) is 34.9 Å². The number of esters is 1. The molecule has 2 rings (SSSR count). The molecule has 0 aliphatic rings. The average Bonchev–Trinajstić information content (AvgIpc) is 2.80. The van der Waals surface area contributed by atoms with Gasteiger partial charge in [0, 0.05) is 16.9 Å². The van der Waals surface area contributed by atoms with Gasteiger partial charge in [-0.1, -0.05) is 39.0 Å². The van der Waals surface area contributed by atoms with Crippen molar-refractivity contribution >= 4 is 29.4 Å². The molecule has 0 atom stereocenters. The summed E-state index contributed by atoms with van der Waals surface area (Å²) in [6.07, 6.45) is 0.640. The molecular formula is C25H31NO6S. The van der Waals surface area contributed by atoms with Crippen molar-refractivity contribution in [2.75, 3.05) is 33.1 Å². The molecule has 2 aromatic rings. The highest BCUT2D eigenvalue weighted by molar-refractivity contribution is 8.00. The minimum atomic E-state index is -0.580. The third kappa shape index (κ3) is 8.13. The van der Waals surface area contributed by atoms with Gasteiger partial charge in [0.25, 0.3) is 0 Å². The Kier molecular flexibility index (Phi) is 9.78. The zero-order valence-electron chi connectivity index (χ0n) is 19.7. The molecule has 2 aromatic carbocycles. The van der Waals surface area contributed by atoms with Crippen molar-refractivity contribution in [3.05, 3.63) is 53.6 Å². The summed E-state index contributed by atoms with van der Waals surface area (Å²) in [6, 6.07) is 12.5. The topological polar surface area (TPSA) is 90.9 Å². The summed E-state index contributed by atoms with van der Waals surface area (Å²) in [4.78, 5) is 37.4. The van der Waals surface area contributed by atoms with Gasteiger partial charge in [0.15, 0.2) is 23.9 Å². The molecule has 178 valence electrons. The van der Waals surface area contributed by atoms with E-state index in [-0.39, 0.29) is 24.1 Å². The largest absolute Gasteiger partial charge is 0.493 e. The molecule has 7 nitrogen and oxygen atoms in total. The second-order valence-electron chi connectivity index (χ2n) is 8.32. The normalized spacial score (nSPS) is 10.9. The first-order valence-electron chi connectivity index (χ1n) is 10.6. The van der Waals surface area contributed by atoms with Crippen LogP contribution in [0, 0.1) is 5.41 Å². The molecule has 0 fully saturated rings. The van der Waals surface area contributed by atoms with Gasteiger partial charge in [-0.3, -0.25) is 9.59 Å². The maximum atomic E-state index is 12.5.